The number of hydrogen-bond acceptors (Lipinski definition) is 5. The van der Waals surface area contributed by atoms with Crippen molar-refractivity contribution in [3.63, 3.8) is 0 Å². The van der Waals surface area contributed by atoms with Crippen LogP contribution < -0.4 is 11.1 Å². The van der Waals surface area contributed by atoms with Crippen molar-refractivity contribution in [3.8, 4) is 5.75 Å². The molecular weight excluding hydrogens is 466 g/mol. The highest BCUT2D eigenvalue weighted by atomic mass is 16.3. The molecule has 1 aliphatic heterocycles. The van der Waals surface area contributed by atoms with E-state index in [1.54, 1.807) is 17.0 Å². The van der Waals surface area contributed by atoms with E-state index in [4.69, 9.17) is 5.73 Å². The quantitative estimate of drug-likeness (QED) is 0.379. The molecule has 7 heteroatoms. The number of aromatic hydroxyl groups is 1. The fraction of sp³-hybridized carbons (Fsp3) is 0.333. The number of hydrogen-bond donors (Lipinski definition) is 4. The van der Waals surface area contributed by atoms with E-state index in [9.17, 15) is 19.8 Å². The van der Waals surface area contributed by atoms with E-state index < -0.39 is 18.2 Å². The van der Waals surface area contributed by atoms with Gasteiger partial charge in [-0.1, -0.05) is 54.6 Å². The van der Waals surface area contributed by atoms with E-state index in [0.717, 1.165) is 33.4 Å². The van der Waals surface area contributed by atoms with Crippen LogP contribution >= 0.6 is 0 Å². The molecule has 3 atom stereocenters. The van der Waals surface area contributed by atoms with E-state index in [0.29, 0.717) is 25.8 Å². The lowest BCUT2D eigenvalue weighted by Crippen LogP contribution is -2.57. The van der Waals surface area contributed by atoms with Gasteiger partial charge in [0.25, 0.3) is 0 Å². The van der Waals surface area contributed by atoms with Gasteiger partial charge in [0.2, 0.25) is 11.8 Å². The number of amides is 2. The highest BCUT2D eigenvalue weighted by Crippen LogP contribution is 2.26. The Morgan fingerprint density at radius 2 is 1.62 bits per heavy atom. The third kappa shape index (κ3) is 6.37. The van der Waals surface area contributed by atoms with Crippen LogP contribution in [0.15, 0.2) is 66.7 Å². The summed E-state index contributed by atoms with van der Waals surface area (Å²) in [5, 5.41) is 23.2. The van der Waals surface area contributed by atoms with E-state index in [1.165, 1.54) is 0 Å². The molecule has 7 nitrogen and oxygen atoms in total. The van der Waals surface area contributed by atoms with Gasteiger partial charge in [0.15, 0.2) is 0 Å². The van der Waals surface area contributed by atoms with Gasteiger partial charge in [-0.15, -0.1) is 0 Å². The summed E-state index contributed by atoms with van der Waals surface area (Å²) in [6.45, 7) is 4.15. The Kier molecular flexibility index (Phi) is 8.26. The Morgan fingerprint density at radius 1 is 1.00 bits per heavy atom. The van der Waals surface area contributed by atoms with Crippen molar-refractivity contribution in [2.24, 2.45) is 5.73 Å². The number of aliphatic hydroxyl groups excluding tert-OH is 1. The first-order valence-corrected chi connectivity index (χ1v) is 12.6. The minimum Gasteiger partial charge on any atom is -0.508 e. The van der Waals surface area contributed by atoms with Crippen LogP contribution in [0.5, 0.6) is 5.75 Å². The van der Waals surface area contributed by atoms with Gasteiger partial charge in [-0.2, -0.15) is 0 Å². The number of rotatable bonds is 8. The molecule has 0 bridgehead atoms. The Labute approximate surface area is 217 Å². The third-order valence-electron chi connectivity index (χ3n) is 7.08. The normalized spacial score (nSPS) is 16.5. The molecule has 37 heavy (non-hydrogen) atoms. The van der Waals surface area contributed by atoms with Gasteiger partial charge >= 0.3 is 0 Å². The molecule has 0 aliphatic carbocycles. The van der Waals surface area contributed by atoms with Crippen molar-refractivity contribution in [3.05, 3.63) is 100 Å². The smallest absolute Gasteiger partial charge is 0.243 e. The Bertz CT molecular complexity index is 1240. The maximum absolute atomic E-state index is 13.6. The number of nitrogens with one attached hydrogen (secondary N) is 1. The van der Waals surface area contributed by atoms with Gasteiger partial charge in [-0.05, 0) is 65.8 Å². The number of nitrogens with zero attached hydrogens (tertiary/aromatic N) is 1. The molecule has 0 spiro atoms. The molecule has 1 aliphatic rings. The number of carbonyl (C=O) groups excluding carboxylic acids is 2. The number of aliphatic hydroxyl groups is 1. The van der Waals surface area contributed by atoms with Gasteiger partial charge in [-0.3, -0.25) is 9.59 Å². The van der Waals surface area contributed by atoms with Crippen molar-refractivity contribution in [1.82, 2.24) is 10.2 Å². The number of fused-ring (bicyclic) bond motifs is 1. The van der Waals surface area contributed by atoms with Crippen molar-refractivity contribution in [2.45, 2.75) is 57.8 Å². The van der Waals surface area contributed by atoms with Gasteiger partial charge in [-0.25, -0.2) is 0 Å². The minimum absolute atomic E-state index is 0.0891. The Hall–Kier alpha value is -3.68. The zero-order chi connectivity index (χ0) is 26.5. The monoisotopic (exact) mass is 501 g/mol. The van der Waals surface area contributed by atoms with Crippen LogP contribution in [0.25, 0.3) is 0 Å². The van der Waals surface area contributed by atoms with Crippen LogP contribution in [-0.4, -0.2) is 51.7 Å². The zero-order valence-corrected chi connectivity index (χ0v) is 21.4. The van der Waals surface area contributed by atoms with Crippen molar-refractivity contribution >= 4 is 11.8 Å². The number of carbonyl (C=O) groups is 2. The number of nitrogens with two attached hydrogens (primary N) is 1. The first-order valence-electron chi connectivity index (χ1n) is 12.6. The number of phenolic OH excluding ortho intramolecular Hbond substituents is 1. The zero-order valence-electron chi connectivity index (χ0n) is 21.4. The molecule has 5 N–H and O–H groups in total. The SMILES string of the molecule is Cc1cc(O)cc(C)c1CC(N)C(=O)N1Cc2ccccc2CC1C(=O)NCC(O)Cc1ccccc1. The summed E-state index contributed by atoms with van der Waals surface area (Å²) in [6, 6.07) is 19.2. The number of benzene rings is 3. The van der Waals surface area contributed by atoms with Gasteiger partial charge in [0.1, 0.15) is 11.8 Å². The summed E-state index contributed by atoms with van der Waals surface area (Å²) in [4.78, 5) is 28.5. The first kappa shape index (κ1) is 26.4. The lowest BCUT2D eigenvalue weighted by atomic mass is 9.91. The van der Waals surface area contributed by atoms with E-state index in [2.05, 4.69) is 5.32 Å². The molecule has 3 aromatic rings. The van der Waals surface area contributed by atoms with E-state index in [-0.39, 0.29) is 24.1 Å². The Balaban J connectivity index is 1.48. The topological polar surface area (TPSA) is 116 Å². The molecule has 2 amide bonds. The number of aryl methyl sites for hydroxylation is 2. The third-order valence-corrected chi connectivity index (χ3v) is 7.08. The fourth-order valence-corrected chi connectivity index (χ4v) is 5.10. The molecule has 0 aromatic heterocycles. The molecule has 194 valence electrons. The molecule has 3 aromatic carbocycles. The molecular formula is C30H35N3O4. The van der Waals surface area contributed by atoms with E-state index >= 15 is 0 Å². The summed E-state index contributed by atoms with van der Waals surface area (Å²) in [7, 11) is 0. The molecule has 1 heterocycles. The molecule has 0 saturated carbocycles. The molecule has 3 unspecified atom stereocenters. The second kappa shape index (κ2) is 11.6. The molecule has 4 rings (SSSR count). The summed E-state index contributed by atoms with van der Waals surface area (Å²) in [5.41, 5.74) is 12.1. The lowest BCUT2D eigenvalue weighted by molar-refractivity contribution is -0.143. The van der Waals surface area contributed by atoms with E-state index in [1.807, 2.05) is 68.4 Å². The average molecular weight is 502 g/mol. The maximum atomic E-state index is 13.6. The summed E-state index contributed by atoms with van der Waals surface area (Å²) in [5.74, 6) is -0.428. The van der Waals surface area contributed by atoms with Gasteiger partial charge in [0.05, 0.1) is 12.1 Å². The predicted octanol–water partition coefficient (Wildman–Crippen LogP) is 2.55. The summed E-state index contributed by atoms with van der Waals surface area (Å²) in [6.07, 6.45) is 0.369. The number of phenols is 1. The standard InChI is InChI=1S/C30H35N3O4/c1-19-12-24(34)13-20(2)26(19)16-27(31)30(37)33-18-23-11-7-6-10-22(23)15-28(33)29(36)32-17-25(35)14-21-8-4-3-5-9-21/h3-13,25,27-28,34-35H,14-18,31H2,1-2H3,(H,32,36). The predicted molar refractivity (Wildman–Crippen MR) is 143 cm³/mol. The second-order valence-corrected chi connectivity index (χ2v) is 9.91. The van der Waals surface area contributed by atoms with Gasteiger partial charge in [0, 0.05) is 25.9 Å². The fourth-order valence-electron chi connectivity index (χ4n) is 5.10. The van der Waals surface area contributed by atoms with Crippen molar-refractivity contribution in [1.29, 1.82) is 0 Å². The highest BCUT2D eigenvalue weighted by molar-refractivity contribution is 5.90. The first-order chi connectivity index (χ1) is 17.7. The summed E-state index contributed by atoms with van der Waals surface area (Å²) < 4.78 is 0. The van der Waals surface area contributed by atoms with Crippen LogP contribution in [0, 0.1) is 13.8 Å². The molecule has 0 fully saturated rings. The molecule has 0 radical (unpaired) electrons. The Morgan fingerprint density at radius 3 is 2.30 bits per heavy atom. The summed E-state index contributed by atoms with van der Waals surface area (Å²) >= 11 is 0. The van der Waals surface area contributed by atoms with Crippen molar-refractivity contribution < 1.29 is 19.8 Å². The lowest BCUT2D eigenvalue weighted by Gasteiger charge is -2.37. The van der Waals surface area contributed by atoms with Crippen LogP contribution in [0.4, 0.5) is 0 Å². The van der Waals surface area contributed by atoms with Gasteiger partial charge < -0.3 is 26.2 Å². The van der Waals surface area contributed by atoms with Crippen molar-refractivity contribution in [2.75, 3.05) is 6.54 Å². The highest BCUT2D eigenvalue weighted by Gasteiger charge is 2.36. The maximum Gasteiger partial charge on any atom is 0.243 e. The average Bonchev–Trinajstić information content (AvgIpc) is 2.88. The minimum atomic E-state index is -0.842. The van der Waals surface area contributed by atoms with Crippen LogP contribution in [0.2, 0.25) is 0 Å². The largest absolute Gasteiger partial charge is 0.508 e. The van der Waals surface area contributed by atoms with Crippen LogP contribution in [-0.2, 0) is 35.4 Å². The molecule has 0 saturated heterocycles. The second-order valence-electron chi connectivity index (χ2n) is 9.91. The van der Waals surface area contributed by atoms with Crippen LogP contribution in [0.1, 0.15) is 33.4 Å². The van der Waals surface area contributed by atoms with Crippen LogP contribution in [0.3, 0.4) is 0 Å².